The second-order valence-corrected chi connectivity index (χ2v) is 8.98. The SMILES string of the molecule is COC(=O)c1sc(N2C(=O)C(=O)C(=C(O)c3ccc(Cl)cc3)[C@@H]2c2cccc(Cl)c2)nc1C. The van der Waals surface area contributed by atoms with Gasteiger partial charge in [0.15, 0.2) is 5.13 Å². The number of rotatable bonds is 4. The molecule has 10 heteroatoms. The van der Waals surface area contributed by atoms with Crippen molar-refractivity contribution in [3.63, 3.8) is 0 Å². The van der Waals surface area contributed by atoms with Gasteiger partial charge < -0.3 is 9.84 Å². The molecule has 0 spiro atoms. The van der Waals surface area contributed by atoms with Crippen LogP contribution < -0.4 is 4.90 Å². The lowest BCUT2D eigenvalue weighted by Crippen LogP contribution is -2.29. The fourth-order valence-corrected chi connectivity index (χ4v) is 4.89. The molecule has 0 unspecified atom stereocenters. The number of aliphatic hydroxyl groups is 1. The number of esters is 1. The minimum atomic E-state index is -1.02. The van der Waals surface area contributed by atoms with Gasteiger partial charge in [0, 0.05) is 15.6 Å². The molecule has 0 radical (unpaired) electrons. The number of Topliss-reactive ketones (excluding diaryl/α,β-unsaturated/α-hetero) is 1. The molecule has 7 nitrogen and oxygen atoms in total. The summed E-state index contributed by atoms with van der Waals surface area (Å²) in [6, 6.07) is 11.8. The summed E-state index contributed by atoms with van der Waals surface area (Å²) in [5.74, 6) is -2.74. The Balaban J connectivity index is 1.94. The van der Waals surface area contributed by atoms with Crippen molar-refractivity contribution in [3.8, 4) is 0 Å². The maximum atomic E-state index is 13.2. The molecule has 4 rings (SSSR count). The van der Waals surface area contributed by atoms with E-state index >= 15 is 0 Å². The van der Waals surface area contributed by atoms with Crippen LogP contribution in [0, 0.1) is 6.92 Å². The Kier molecular flexibility index (Phi) is 6.25. The minimum absolute atomic E-state index is 0.120. The highest BCUT2D eigenvalue weighted by molar-refractivity contribution is 7.17. The number of hydrogen-bond acceptors (Lipinski definition) is 7. The number of anilines is 1. The first-order valence-electron chi connectivity index (χ1n) is 9.61. The number of methoxy groups -OCH3 is 1. The number of benzene rings is 2. The highest BCUT2D eigenvalue weighted by atomic mass is 35.5. The summed E-state index contributed by atoms with van der Waals surface area (Å²) in [6.45, 7) is 1.60. The van der Waals surface area contributed by atoms with Crippen molar-refractivity contribution < 1.29 is 24.2 Å². The van der Waals surface area contributed by atoms with Crippen LogP contribution in [-0.4, -0.2) is 34.9 Å². The lowest BCUT2D eigenvalue weighted by Gasteiger charge is -2.23. The first-order valence-corrected chi connectivity index (χ1v) is 11.2. The van der Waals surface area contributed by atoms with Crippen LogP contribution in [0.5, 0.6) is 0 Å². The molecule has 0 bridgehead atoms. The van der Waals surface area contributed by atoms with Gasteiger partial charge in [0.1, 0.15) is 10.6 Å². The first-order chi connectivity index (χ1) is 15.7. The third-order valence-corrected chi connectivity index (χ3v) is 6.71. The molecule has 1 atom stereocenters. The van der Waals surface area contributed by atoms with Crippen LogP contribution in [-0.2, 0) is 14.3 Å². The number of carbonyl (C=O) groups excluding carboxylic acids is 3. The van der Waals surface area contributed by atoms with E-state index in [1.54, 1.807) is 55.5 Å². The van der Waals surface area contributed by atoms with Gasteiger partial charge in [-0.2, -0.15) is 0 Å². The number of carbonyl (C=O) groups is 3. The van der Waals surface area contributed by atoms with Crippen LogP contribution >= 0.6 is 34.5 Å². The average Bonchev–Trinajstić information content (AvgIpc) is 3.30. The van der Waals surface area contributed by atoms with E-state index in [1.807, 2.05) is 0 Å². The molecular weight excluding hydrogens is 487 g/mol. The van der Waals surface area contributed by atoms with Crippen molar-refractivity contribution in [1.29, 1.82) is 0 Å². The zero-order valence-electron chi connectivity index (χ0n) is 17.3. The van der Waals surface area contributed by atoms with E-state index in [-0.39, 0.29) is 21.3 Å². The predicted molar refractivity (Wildman–Crippen MR) is 126 cm³/mol. The van der Waals surface area contributed by atoms with E-state index in [4.69, 9.17) is 27.9 Å². The number of thiazole rings is 1. The second-order valence-electron chi connectivity index (χ2n) is 7.13. The second kappa shape index (κ2) is 8.97. The Labute approximate surface area is 202 Å². The van der Waals surface area contributed by atoms with Crippen LogP contribution in [0.3, 0.4) is 0 Å². The molecule has 3 aromatic rings. The lowest BCUT2D eigenvalue weighted by molar-refractivity contribution is -0.132. The highest BCUT2D eigenvalue weighted by Crippen LogP contribution is 2.44. The van der Waals surface area contributed by atoms with Crippen molar-refractivity contribution in [3.05, 3.63) is 85.8 Å². The van der Waals surface area contributed by atoms with Gasteiger partial charge in [-0.05, 0) is 48.9 Å². The topological polar surface area (TPSA) is 96.8 Å². The van der Waals surface area contributed by atoms with Gasteiger partial charge in [0.05, 0.1) is 24.4 Å². The third kappa shape index (κ3) is 4.13. The Morgan fingerprint density at radius 1 is 1.12 bits per heavy atom. The summed E-state index contributed by atoms with van der Waals surface area (Å²) in [6.07, 6.45) is 0. The Morgan fingerprint density at radius 3 is 2.45 bits per heavy atom. The summed E-state index contributed by atoms with van der Waals surface area (Å²) in [4.78, 5) is 44.1. The summed E-state index contributed by atoms with van der Waals surface area (Å²) in [7, 11) is 1.24. The van der Waals surface area contributed by atoms with Crippen molar-refractivity contribution in [2.45, 2.75) is 13.0 Å². The summed E-state index contributed by atoms with van der Waals surface area (Å²) in [5, 5.41) is 12.0. The number of ether oxygens (including phenoxy) is 1. The minimum Gasteiger partial charge on any atom is -0.507 e. The normalized spacial score (nSPS) is 17.5. The standard InChI is InChI=1S/C23H16Cl2N2O5S/c1-11-20(22(31)32-2)33-23(26-11)27-17(13-4-3-5-15(25)10-13)16(19(29)21(27)30)18(28)12-6-8-14(24)9-7-12/h3-10,17,28H,1-2H3/t17-/m0/s1. The maximum absolute atomic E-state index is 13.2. The number of halogens is 2. The molecular formula is C23H16Cl2N2O5S. The van der Waals surface area contributed by atoms with Gasteiger partial charge in [-0.15, -0.1) is 0 Å². The van der Waals surface area contributed by atoms with Crippen molar-refractivity contribution in [2.24, 2.45) is 0 Å². The average molecular weight is 503 g/mol. The van der Waals surface area contributed by atoms with E-state index in [2.05, 4.69) is 4.98 Å². The Bertz CT molecular complexity index is 1320. The quantitative estimate of drug-likeness (QED) is 0.228. The Hall–Kier alpha value is -3.20. The molecule has 1 aliphatic rings. The van der Waals surface area contributed by atoms with Gasteiger partial charge in [0.2, 0.25) is 0 Å². The summed E-state index contributed by atoms with van der Waals surface area (Å²) < 4.78 is 4.78. The van der Waals surface area contributed by atoms with Crippen molar-refractivity contribution in [1.82, 2.24) is 4.98 Å². The number of aryl methyl sites for hydroxylation is 1. The lowest BCUT2D eigenvalue weighted by atomic mass is 9.95. The van der Waals surface area contributed by atoms with E-state index in [0.29, 0.717) is 26.9 Å². The Morgan fingerprint density at radius 2 is 1.82 bits per heavy atom. The number of aliphatic hydroxyl groups excluding tert-OH is 1. The molecule has 1 saturated heterocycles. The summed E-state index contributed by atoms with van der Waals surface area (Å²) in [5.41, 5.74) is 1.03. The molecule has 0 aliphatic carbocycles. The first kappa shape index (κ1) is 23.0. The van der Waals surface area contributed by atoms with Gasteiger partial charge >= 0.3 is 11.9 Å². The molecule has 1 fully saturated rings. The van der Waals surface area contributed by atoms with Gasteiger partial charge in [-0.25, -0.2) is 9.78 Å². The molecule has 2 aromatic carbocycles. The fraction of sp³-hybridized carbons (Fsp3) is 0.130. The zero-order chi connectivity index (χ0) is 23.9. The maximum Gasteiger partial charge on any atom is 0.350 e. The van der Waals surface area contributed by atoms with Gasteiger partial charge in [0.25, 0.3) is 5.78 Å². The highest BCUT2D eigenvalue weighted by Gasteiger charge is 2.48. The smallest absolute Gasteiger partial charge is 0.350 e. The third-order valence-electron chi connectivity index (χ3n) is 5.09. The number of hydrogen-bond donors (Lipinski definition) is 1. The fourth-order valence-electron chi connectivity index (χ4n) is 3.55. The summed E-state index contributed by atoms with van der Waals surface area (Å²) >= 11 is 13.0. The van der Waals surface area contributed by atoms with E-state index in [1.165, 1.54) is 12.0 Å². The van der Waals surface area contributed by atoms with Gasteiger partial charge in [-0.1, -0.05) is 46.7 Å². The zero-order valence-corrected chi connectivity index (χ0v) is 19.7. The molecule has 33 heavy (non-hydrogen) atoms. The van der Waals surface area contributed by atoms with E-state index in [9.17, 15) is 19.5 Å². The molecule has 0 saturated carbocycles. The molecule has 1 aromatic heterocycles. The van der Waals surface area contributed by atoms with Crippen LogP contribution in [0.15, 0.2) is 54.1 Å². The number of nitrogens with zero attached hydrogens (tertiary/aromatic N) is 2. The number of ketones is 1. The monoisotopic (exact) mass is 502 g/mol. The van der Waals surface area contributed by atoms with Crippen LogP contribution in [0.25, 0.3) is 5.76 Å². The van der Waals surface area contributed by atoms with Crippen LogP contribution in [0.4, 0.5) is 5.13 Å². The van der Waals surface area contributed by atoms with Crippen molar-refractivity contribution in [2.75, 3.05) is 12.0 Å². The molecule has 2 heterocycles. The number of amides is 1. The molecule has 1 amide bonds. The van der Waals surface area contributed by atoms with Crippen LogP contribution in [0.1, 0.15) is 32.5 Å². The van der Waals surface area contributed by atoms with Crippen LogP contribution in [0.2, 0.25) is 10.0 Å². The largest absolute Gasteiger partial charge is 0.507 e. The molecule has 1 N–H and O–H groups in total. The van der Waals surface area contributed by atoms with Gasteiger partial charge in [-0.3, -0.25) is 14.5 Å². The van der Waals surface area contributed by atoms with Crippen molar-refractivity contribution >= 4 is 63.1 Å². The van der Waals surface area contributed by atoms with E-state index < -0.39 is 23.7 Å². The predicted octanol–water partition coefficient (Wildman–Crippen LogP) is 5.17. The van der Waals surface area contributed by atoms with E-state index in [0.717, 1.165) is 11.3 Å². The molecule has 168 valence electrons. The number of aromatic nitrogens is 1. The molecule has 1 aliphatic heterocycles.